The SMILES string of the molecule is COc1cc(-c2nc3n(c2-c2ccc(C4(NC(=O)OC(C)(C)C)CCC4)cc2)-c2cccnc2Nc2ccccc2-3)ccn1. The summed E-state index contributed by atoms with van der Waals surface area (Å²) < 4.78 is 13.3. The van der Waals surface area contributed by atoms with Crippen molar-refractivity contribution >= 4 is 17.6 Å². The highest BCUT2D eigenvalue weighted by Crippen LogP contribution is 2.46. The van der Waals surface area contributed by atoms with Crippen LogP contribution in [0.5, 0.6) is 5.88 Å². The van der Waals surface area contributed by atoms with Crippen LogP contribution in [0.4, 0.5) is 16.3 Å². The van der Waals surface area contributed by atoms with E-state index < -0.39 is 17.2 Å². The first-order chi connectivity index (χ1) is 21.2. The minimum Gasteiger partial charge on any atom is -0.481 e. The predicted molar refractivity (Wildman–Crippen MR) is 170 cm³/mol. The highest BCUT2D eigenvalue weighted by Gasteiger charge is 2.41. The Kier molecular flexibility index (Phi) is 6.61. The number of imidazole rings is 1. The molecule has 0 unspecified atom stereocenters. The maximum absolute atomic E-state index is 12.8. The molecule has 44 heavy (non-hydrogen) atoms. The predicted octanol–water partition coefficient (Wildman–Crippen LogP) is 7.63. The van der Waals surface area contributed by atoms with Crippen molar-refractivity contribution in [3.63, 3.8) is 0 Å². The van der Waals surface area contributed by atoms with Crippen molar-refractivity contribution in [3.8, 4) is 45.5 Å². The van der Waals surface area contributed by atoms with Gasteiger partial charge < -0.3 is 20.1 Å². The van der Waals surface area contributed by atoms with Gasteiger partial charge in [-0.1, -0.05) is 36.4 Å². The number of fused-ring (bicyclic) bond motifs is 5. The smallest absolute Gasteiger partial charge is 0.408 e. The minimum absolute atomic E-state index is 0.397. The number of benzene rings is 2. The van der Waals surface area contributed by atoms with Crippen molar-refractivity contribution in [2.75, 3.05) is 12.4 Å². The second kappa shape index (κ2) is 10.5. The summed E-state index contributed by atoms with van der Waals surface area (Å²) in [5.41, 5.74) is 6.38. The van der Waals surface area contributed by atoms with Crippen molar-refractivity contribution in [1.29, 1.82) is 0 Å². The number of ether oxygens (including phenoxy) is 2. The van der Waals surface area contributed by atoms with Gasteiger partial charge in [0.25, 0.3) is 0 Å². The van der Waals surface area contributed by atoms with Crippen LogP contribution in [-0.4, -0.2) is 38.3 Å². The van der Waals surface area contributed by atoms with E-state index in [4.69, 9.17) is 19.4 Å². The quantitative estimate of drug-likeness (QED) is 0.214. The lowest BCUT2D eigenvalue weighted by Gasteiger charge is -2.43. The first-order valence-electron chi connectivity index (χ1n) is 14.8. The molecule has 9 nitrogen and oxygen atoms in total. The van der Waals surface area contributed by atoms with Crippen LogP contribution in [0, 0.1) is 0 Å². The number of carbonyl (C=O) groups excluding carboxylic acids is 1. The monoisotopic (exact) mass is 586 g/mol. The number of hydrogen-bond acceptors (Lipinski definition) is 7. The molecule has 0 radical (unpaired) electrons. The van der Waals surface area contributed by atoms with E-state index in [1.54, 1.807) is 19.5 Å². The molecule has 2 aromatic carbocycles. The van der Waals surface area contributed by atoms with Crippen LogP contribution in [0.1, 0.15) is 45.6 Å². The van der Waals surface area contributed by atoms with Crippen molar-refractivity contribution in [3.05, 3.63) is 90.8 Å². The number of carbonyl (C=O) groups is 1. The number of aromatic nitrogens is 4. The molecule has 0 saturated heterocycles. The molecular weight excluding hydrogens is 552 g/mol. The number of anilines is 2. The lowest BCUT2D eigenvalue weighted by atomic mass is 9.71. The summed E-state index contributed by atoms with van der Waals surface area (Å²) in [5.74, 6) is 2.05. The van der Waals surface area contributed by atoms with E-state index in [1.165, 1.54) is 0 Å². The molecule has 0 bridgehead atoms. The van der Waals surface area contributed by atoms with Crippen LogP contribution >= 0.6 is 0 Å². The highest BCUT2D eigenvalue weighted by molar-refractivity contribution is 5.91. The van der Waals surface area contributed by atoms with E-state index in [2.05, 4.69) is 56.6 Å². The molecule has 2 aliphatic rings. The summed E-state index contributed by atoms with van der Waals surface area (Å²) >= 11 is 0. The third kappa shape index (κ3) is 4.84. The molecule has 1 saturated carbocycles. The molecule has 1 amide bonds. The number of pyridine rings is 2. The Balaban J connectivity index is 1.40. The van der Waals surface area contributed by atoms with Gasteiger partial charge in [-0.3, -0.25) is 4.57 Å². The Labute approximate surface area is 256 Å². The normalized spacial score (nSPS) is 14.5. The summed E-state index contributed by atoms with van der Waals surface area (Å²) in [6.45, 7) is 5.63. The lowest BCUT2D eigenvalue weighted by Crippen LogP contribution is -2.52. The summed E-state index contributed by atoms with van der Waals surface area (Å²) in [4.78, 5) is 27.1. The van der Waals surface area contributed by atoms with E-state index >= 15 is 0 Å². The molecule has 1 fully saturated rings. The van der Waals surface area contributed by atoms with Gasteiger partial charge >= 0.3 is 6.09 Å². The largest absolute Gasteiger partial charge is 0.481 e. The highest BCUT2D eigenvalue weighted by atomic mass is 16.6. The van der Waals surface area contributed by atoms with Crippen LogP contribution in [0.2, 0.25) is 0 Å². The first kappa shape index (κ1) is 27.6. The van der Waals surface area contributed by atoms with Gasteiger partial charge in [0.1, 0.15) is 11.4 Å². The number of nitrogens with zero attached hydrogens (tertiary/aromatic N) is 4. The van der Waals surface area contributed by atoms with Crippen LogP contribution in [-0.2, 0) is 10.3 Å². The Hall–Kier alpha value is -5.18. The second-order valence-corrected chi connectivity index (χ2v) is 12.2. The van der Waals surface area contributed by atoms with Gasteiger partial charge in [0.2, 0.25) is 5.88 Å². The average Bonchev–Trinajstić information content (AvgIpc) is 3.33. The topological polar surface area (TPSA) is 103 Å². The van der Waals surface area contributed by atoms with Crippen molar-refractivity contribution in [1.82, 2.24) is 24.8 Å². The minimum atomic E-state index is -0.566. The van der Waals surface area contributed by atoms with Gasteiger partial charge in [0.15, 0.2) is 5.82 Å². The second-order valence-electron chi connectivity index (χ2n) is 12.2. The Bertz CT molecular complexity index is 1870. The maximum atomic E-state index is 12.8. The average molecular weight is 587 g/mol. The summed E-state index contributed by atoms with van der Waals surface area (Å²) in [5, 5.41) is 6.69. The Morgan fingerprint density at radius 1 is 0.955 bits per heavy atom. The van der Waals surface area contributed by atoms with Gasteiger partial charge in [0, 0.05) is 35.2 Å². The molecule has 7 rings (SSSR count). The van der Waals surface area contributed by atoms with Crippen molar-refractivity contribution in [2.45, 2.75) is 51.2 Å². The Morgan fingerprint density at radius 3 is 2.48 bits per heavy atom. The zero-order chi connectivity index (χ0) is 30.5. The molecule has 222 valence electrons. The molecule has 4 heterocycles. The molecule has 9 heteroatoms. The van der Waals surface area contributed by atoms with Crippen LogP contribution in [0.25, 0.3) is 39.6 Å². The van der Waals surface area contributed by atoms with Crippen molar-refractivity contribution < 1.29 is 14.3 Å². The molecule has 1 aliphatic heterocycles. The van der Waals surface area contributed by atoms with E-state index in [1.807, 2.05) is 57.2 Å². The number of alkyl carbamates (subject to hydrolysis) is 1. The van der Waals surface area contributed by atoms with Crippen LogP contribution in [0.3, 0.4) is 0 Å². The van der Waals surface area contributed by atoms with Crippen molar-refractivity contribution in [2.24, 2.45) is 0 Å². The molecule has 2 N–H and O–H groups in total. The molecule has 0 spiro atoms. The maximum Gasteiger partial charge on any atom is 0.408 e. The molecule has 5 aromatic rings. The number of para-hydroxylation sites is 1. The first-order valence-corrected chi connectivity index (χ1v) is 14.8. The number of methoxy groups -OCH3 is 1. The van der Waals surface area contributed by atoms with E-state index in [0.29, 0.717) is 5.88 Å². The van der Waals surface area contributed by atoms with Gasteiger partial charge in [-0.15, -0.1) is 0 Å². The van der Waals surface area contributed by atoms with Gasteiger partial charge in [-0.25, -0.2) is 19.7 Å². The summed E-state index contributed by atoms with van der Waals surface area (Å²) in [6.07, 6.45) is 5.88. The fourth-order valence-corrected chi connectivity index (χ4v) is 6.02. The summed E-state index contributed by atoms with van der Waals surface area (Å²) in [7, 11) is 1.61. The zero-order valence-electron chi connectivity index (χ0n) is 25.2. The van der Waals surface area contributed by atoms with E-state index in [-0.39, 0.29) is 0 Å². The summed E-state index contributed by atoms with van der Waals surface area (Å²) in [6, 6.07) is 24.4. The van der Waals surface area contributed by atoms with Gasteiger partial charge in [0.05, 0.1) is 35.4 Å². The van der Waals surface area contributed by atoms with Crippen LogP contribution < -0.4 is 15.4 Å². The fourth-order valence-electron chi connectivity index (χ4n) is 6.02. The Morgan fingerprint density at radius 2 is 1.75 bits per heavy atom. The molecule has 0 atom stereocenters. The van der Waals surface area contributed by atoms with Gasteiger partial charge in [-0.05, 0) is 75.9 Å². The number of hydrogen-bond donors (Lipinski definition) is 2. The molecule has 3 aromatic heterocycles. The third-order valence-electron chi connectivity index (χ3n) is 8.20. The lowest BCUT2D eigenvalue weighted by molar-refractivity contribution is 0.0377. The van der Waals surface area contributed by atoms with E-state index in [9.17, 15) is 4.79 Å². The molecule has 1 aliphatic carbocycles. The third-order valence-corrected chi connectivity index (χ3v) is 8.20. The number of amides is 1. The standard InChI is InChI=1S/C35H34N6O3/c1-34(2,3)44-33(42)40-35(17-8-18-35)24-14-12-22(13-15-24)30-29(23-16-20-36-28(21-23)43-4)39-32-25-9-5-6-10-26(25)38-31-27(41(30)32)11-7-19-37-31/h5-7,9-16,19-21H,8,17-18H2,1-4H3,(H,37,38)(H,40,42). The molecular formula is C35H34N6O3. The van der Waals surface area contributed by atoms with Gasteiger partial charge in [-0.2, -0.15) is 0 Å². The zero-order valence-corrected chi connectivity index (χ0v) is 25.2. The van der Waals surface area contributed by atoms with E-state index in [0.717, 1.165) is 75.9 Å². The van der Waals surface area contributed by atoms with Crippen LogP contribution in [0.15, 0.2) is 85.2 Å². The fraction of sp³-hybridized carbons (Fsp3) is 0.257. The number of rotatable bonds is 5. The number of nitrogens with one attached hydrogen (secondary N) is 2.